The SMILES string of the molecule is CCC(=O)OC.[MgH2]. The van der Waals surface area contributed by atoms with Gasteiger partial charge in [-0.1, -0.05) is 6.92 Å². The normalized spacial score (nSPS) is 6.57. The third kappa shape index (κ3) is 6.24. The third-order valence-corrected chi connectivity index (χ3v) is 0.516. The fraction of sp³-hybridized carbons (Fsp3) is 0.750. The second kappa shape index (κ2) is 6.24. The van der Waals surface area contributed by atoms with E-state index in [2.05, 4.69) is 4.74 Å². The van der Waals surface area contributed by atoms with Crippen LogP contribution in [-0.2, 0) is 9.53 Å². The van der Waals surface area contributed by atoms with Crippen LogP contribution in [0.15, 0.2) is 0 Å². The zero-order valence-electron chi connectivity index (χ0n) is 4.02. The monoisotopic (exact) mass is 114 g/mol. The Morgan fingerprint density at radius 3 is 2.14 bits per heavy atom. The van der Waals surface area contributed by atoms with E-state index in [1.807, 2.05) is 0 Å². The Morgan fingerprint density at radius 1 is 1.71 bits per heavy atom. The number of methoxy groups -OCH3 is 1. The quantitative estimate of drug-likeness (QED) is 0.344. The highest BCUT2D eigenvalue weighted by Gasteiger charge is 1.87. The van der Waals surface area contributed by atoms with Crippen molar-refractivity contribution in [3.63, 3.8) is 0 Å². The van der Waals surface area contributed by atoms with E-state index in [1.165, 1.54) is 7.11 Å². The van der Waals surface area contributed by atoms with Crippen LogP contribution in [0, 0.1) is 0 Å². The van der Waals surface area contributed by atoms with Gasteiger partial charge in [0.15, 0.2) is 0 Å². The minimum Gasteiger partial charge on any atom is -0.469 e. The van der Waals surface area contributed by atoms with Gasteiger partial charge in [-0.2, -0.15) is 0 Å². The first kappa shape index (κ1) is 10.3. The smallest absolute Gasteiger partial charge is 0.316 e. The Balaban J connectivity index is 0. The summed E-state index contributed by atoms with van der Waals surface area (Å²) in [7, 11) is 1.38. The first-order valence-corrected chi connectivity index (χ1v) is 1.88. The molecule has 0 heterocycles. The first-order valence-electron chi connectivity index (χ1n) is 1.88. The largest absolute Gasteiger partial charge is 0.469 e. The zero-order valence-corrected chi connectivity index (χ0v) is 4.02. The summed E-state index contributed by atoms with van der Waals surface area (Å²) in [5.41, 5.74) is 0. The predicted molar refractivity (Wildman–Crippen MR) is 30.9 cm³/mol. The third-order valence-electron chi connectivity index (χ3n) is 0.516. The molecule has 0 unspecified atom stereocenters. The number of rotatable bonds is 1. The molecule has 0 aliphatic rings. The lowest BCUT2D eigenvalue weighted by molar-refractivity contribution is -0.140. The molecular formula is C4H10MgO2. The van der Waals surface area contributed by atoms with E-state index in [0.29, 0.717) is 6.42 Å². The first-order chi connectivity index (χ1) is 2.81. The summed E-state index contributed by atoms with van der Waals surface area (Å²) in [5, 5.41) is 0. The van der Waals surface area contributed by atoms with Crippen molar-refractivity contribution in [1.29, 1.82) is 0 Å². The maximum absolute atomic E-state index is 9.96. The molecule has 3 heteroatoms. The molecule has 0 rings (SSSR count). The standard InChI is InChI=1S/C4H8O2.Mg.2H/c1-3-4(5)6-2;;;/h3H2,1-2H3;;;. The lowest BCUT2D eigenvalue weighted by Crippen LogP contribution is -1.94. The molecule has 0 aromatic carbocycles. The molecule has 2 nitrogen and oxygen atoms in total. The zero-order chi connectivity index (χ0) is 4.99. The highest BCUT2D eigenvalue weighted by atomic mass is 24.3. The molecule has 0 aromatic rings. The average molecular weight is 114 g/mol. The number of hydrogen-bond acceptors (Lipinski definition) is 2. The minimum atomic E-state index is -0.157. The Hall–Kier alpha value is 0.236. The van der Waals surface area contributed by atoms with Gasteiger partial charge >= 0.3 is 29.0 Å². The van der Waals surface area contributed by atoms with Gasteiger partial charge in [0.25, 0.3) is 0 Å². The maximum Gasteiger partial charge on any atom is 0.316 e. The summed E-state index contributed by atoms with van der Waals surface area (Å²) in [6, 6.07) is 0. The molecule has 40 valence electrons. The minimum absolute atomic E-state index is 0. The second-order valence-corrected chi connectivity index (χ2v) is 0.930. The Kier molecular flexibility index (Phi) is 9.14. The maximum atomic E-state index is 9.96. The Morgan fingerprint density at radius 2 is 2.14 bits per heavy atom. The molecule has 0 saturated heterocycles. The molecule has 0 atom stereocenters. The Bertz CT molecular complexity index is 47.7. The lowest BCUT2D eigenvalue weighted by Gasteiger charge is -1.87. The van der Waals surface area contributed by atoms with Crippen LogP contribution in [0.25, 0.3) is 0 Å². The van der Waals surface area contributed by atoms with Crippen molar-refractivity contribution in [2.75, 3.05) is 7.11 Å². The van der Waals surface area contributed by atoms with Crippen molar-refractivity contribution < 1.29 is 9.53 Å². The van der Waals surface area contributed by atoms with Gasteiger partial charge in [-0.05, 0) is 0 Å². The van der Waals surface area contributed by atoms with Crippen molar-refractivity contribution in [2.45, 2.75) is 13.3 Å². The highest BCUT2D eigenvalue weighted by Crippen LogP contribution is 1.76. The fourth-order valence-electron chi connectivity index (χ4n) is 0.144. The van der Waals surface area contributed by atoms with Crippen LogP contribution < -0.4 is 0 Å². The van der Waals surface area contributed by atoms with E-state index in [0.717, 1.165) is 0 Å². The average Bonchev–Trinajstić information content (AvgIpc) is 1.65. The summed E-state index contributed by atoms with van der Waals surface area (Å²) >= 11 is 0. The number of ether oxygens (including phenoxy) is 1. The van der Waals surface area contributed by atoms with E-state index in [9.17, 15) is 4.79 Å². The number of carbonyl (C=O) groups is 1. The van der Waals surface area contributed by atoms with Crippen molar-refractivity contribution in [3.8, 4) is 0 Å². The van der Waals surface area contributed by atoms with Gasteiger partial charge in [0.05, 0.1) is 7.11 Å². The van der Waals surface area contributed by atoms with Gasteiger partial charge in [0.2, 0.25) is 0 Å². The predicted octanol–water partition coefficient (Wildman–Crippen LogP) is -0.347. The second-order valence-electron chi connectivity index (χ2n) is 0.930. The van der Waals surface area contributed by atoms with Crippen molar-refractivity contribution in [2.24, 2.45) is 0 Å². The van der Waals surface area contributed by atoms with E-state index in [-0.39, 0.29) is 29.0 Å². The van der Waals surface area contributed by atoms with Crippen LogP contribution in [0.4, 0.5) is 0 Å². The molecule has 0 amide bonds. The fourth-order valence-corrected chi connectivity index (χ4v) is 0.144. The van der Waals surface area contributed by atoms with Gasteiger partial charge in [0, 0.05) is 6.42 Å². The number of hydrogen-bond donors (Lipinski definition) is 0. The summed E-state index contributed by atoms with van der Waals surface area (Å²) in [6.45, 7) is 1.76. The van der Waals surface area contributed by atoms with Crippen LogP contribution in [0.5, 0.6) is 0 Å². The van der Waals surface area contributed by atoms with Gasteiger partial charge in [0.1, 0.15) is 0 Å². The molecule has 0 radical (unpaired) electrons. The van der Waals surface area contributed by atoms with Crippen molar-refractivity contribution in [1.82, 2.24) is 0 Å². The highest BCUT2D eigenvalue weighted by molar-refractivity contribution is 5.75. The molecule has 0 spiro atoms. The van der Waals surface area contributed by atoms with E-state index >= 15 is 0 Å². The molecule has 0 saturated carbocycles. The van der Waals surface area contributed by atoms with Crippen LogP contribution in [0.3, 0.4) is 0 Å². The van der Waals surface area contributed by atoms with Gasteiger partial charge in [-0.15, -0.1) is 0 Å². The van der Waals surface area contributed by atoms with Gasteiger partial charge < -0.3 is 4.74 Å². The summed E-state index contributed by atoms with van der Waals surface area (Å²) in [5.74, 6) is -0.157. The number of esters is 1. The molecule has 0 aliphatic carbocycles. The van der Waals surface area contributed by atoms with Crippen molar-refractivity contribution >= 4 is 29.0 Å². The van der Waals surface area contributed by atoms with E-state index in [4.69, 9.17) is 0 Å². The summed E-state index contributed by atoms with van der Waals surface area (Å²) in [4.78, 5) is 9.96. The molecule has 0 N–H and O–H groups in total. The topological polar surface area (TPSA) is 26.3 Å². The molecular weight excluding hydrogens is 104 g/mol. The van der Waals surface area contributed by atoms with E-state index in [1.54, 1.807) is 6.92 Å². The molecule has 0 aromatic heterocycles. The van der Waals surface area contributed by atoms with Crippen LogP contribution in [0.2, 0.25) is 0 Å². The van der Waals surface area contributed by atoms with Gasteiger partial charge in [-0.25, -0.2) is 0 Å². The molecule has 0 fully saturated rings. The summed E-state index contributed by atoms with van der Waals surface area (Å²) in [6.07, 6.45) is 0.469. The van der Waals surface area contributed by atoms with E-state index < -0.39 is 0 Å². The van der Waals surface area contributed by atoms with Gasteiger partial charge in [-0.3, -0.25) is 4.79 Å². The van der Waals surface area contributed by atoms with Crippen LogP contribution >= 0.6 is 0 Å². The van der Waals surface area contributed by atoms with Crippen LogP contribution in [-0.4, -0.2) is 36.1 Å². The molecule has 7 heavy (non-hydrogen) atoms. The number of carbonyl (C=O) groups excluding carboxylic acids is 1. The van der Waals surface area contributed by atoms with Crippen LogP contribution in [0.1, 0.15) is 13.3 Å². The van der Waals surface area contributed by atoms with Crippen molar-refractivity contribution in [3.05, 3.63) is 0 Å². The summed E-state index contributed by atoms with van der Waals surface area (Å²) < 4.78 is 4.26. The molecule has 0 bridgehead atoms. The Labute approximate surface area is 59.4 Å². The molecule has 0 aliphatic heterocycles. The lowest BCUT2D eigenvalue weighted by atomic mass is 10.5.